The Morgan fingerprint density at radius 3 is 2.32 bits per heavy atom. The lowest BCUT2D eigenvalue weighted by Gasteiger charge is -2.34. The van der Waals surface area contributed by atoms with Crippen molar-refractivity contribution in [3.05, 3.63) is 12.7 Å². The average molecular weight is 271 g/mol. The lowest BCUT2D eigenvalue weighted by atomic mass is 10.2. The van der Waals surface area contributed by atoms with Crippen molar-refractivity contribution in [2.24, 2.45) is 0 Å². The van der Waals surface area contributed by atoms with Crippen molar-refractivity contribution >= 4 is 12.0 Å². The number of aliphatic carboxylic acids is 1. The number of hydrogen-bond acceptors (Lipinski definition) is 3. The van der Waals surface area contributed by atoms with Crippen molar-refractivity contribution in [1.82, 2.24) is 14.7 Å². The normalized spacial score (nSPS) is 12.1. The van der Waals surface area contributed by atoms with E-state index < -0.39 is 5.97 Å². The summed E-state index contributed by atoms with van der Waals surface area (Å²) >= 11 is 0. The van der Waals surface area contributed by atoms with Gasteiger partial charge >= 0.3 is 12.0 Å². The monoisotopic (exact) mass is 271 g/mol. The highest BCUT2D eigenvalue weighted by molar-refractivity contribution is 5.80. The predicted octanol–water partition coefficient (Wildman–Crippen LogP) is 0.951. The Hall–Kier alpha value is -1.56. The molecule has 0 bridgehead atoms. The van der Waals surface area contributed by atoms with E-state index in [0.717, 1.165) is 6.54 Å². The maximum absolute atomic E-state index is 12.3. The molecule has 0 aliphatic carbocycles. The van der Waals surface area contributed by atoms with Crippen LogP contribution < -0.4 is 0 Å². The number of rotatable bonds is 8. The average Bonchev–Trinajstić information content (AvgIpc) is 2.27. The molecule has 0 aromatic heterocycles. The van der Waals surface area contributed by atoms with E-state index >= 15 is 0 Å². The topological polar surface area (TPSA) is 64.1 Å². The maximum Gasteiger partial charge on any atom is 0.323 e. The first-order chi connectivity index (χ1) is 8.83. The molecule has 1 atom stereocenters. The number of urea groups is 1. The third-order valence-electron chi connectivity index (χ3n) is 2.69. The van der Waals surface area contributed by atoms with Crippen LogP contribution in [-0.4, -0.2) is 78.1 Å². The summed E-state index contributed by atoms with van der Waals surface area (Å²) in [4.78, 5) is 28.1. The van der Waals surface area contributed by atoms with Gasteiger partial charge in [0.1, 0.15) is 6.54 Å². The fraction of sp³-hybridized carbons (Fsp3) is 0.692. The first kappa shape index (κ1) is 17.4. The molecule has 0 aromatic carbocycles. The molecule has 1 N–H and O–H groups in total. The van der Waals surface area contributed by atoms with E-state index in [-0.39, 0.29) is 25.2 Å². The van der Waals surface area contributed by atoms with Crippen LogP contribution in [-0.2, 0) is 4.79 Å². The van der Waals surface area contributed by atoms with E-state index in [0.29, 0.717) is 6.54 Å². The van der Waals surface area contributed by atoms with Crippen LogP contribution in [0.3, 0.4) is 0 Å². The van der Waals surface area contributed by atoms with E-state index in [1.165, 1.54) is 11.0 Å². The maximum atomic E-state index is 12.3. The molecule has 6 heteroatoms. The summed E-state index contributed by atoms with van der Waals surface area (Å²) in [7, 11) is 3.88. The summed E-state index contributed by atoms with van der Waals surface area (Å²) in [6, 6.07) is -0.243. The lowest BCUT2D eigenvalue weighted by Crippen LogP contribution is -2.51. The molecule has 0 spiro atoms. The second kappa shape index (κ2) is 8.53. The lowest BCUT2D eigenvalue weighted by molar-refractivity contribution is -0.137. The molecule has 0 aliphatic rings. The Bertz CT molecular complexity index is 318. The van der Waals surface area contributed by atoms with Gasteiger partial charge in [-0.05, 0) is 27.9 Å². The highest BCUT2D eigenvalue weighted by atomic mass is 16.4. The summed E-state index contributed by atoms with van der Waals surface area (Å²) in [5, 5.41) is 8.84. The summed E-state index contributed by atoms with van der Waals surface area (Å²) in [6.45, 7) is 8.59. The van der Waals surface area contributed by atoms with Gasteiger partial charge in [0.25, 0.3) is 0 Å². The van der Waals surface area contributed by atoms with Crippen molar-refractivity contribution in [3.8, 4) is 0 Å². The number of carboxylic acid groups (broad SMARTS) is 1. The Morgan fingerprint density at radius 1 is 1.37 bits per heavy atom. The van der Waals surface area contributed by atoms with Gasteiger partial charge < -0.3 is 19.8 Å². The molecule has 2 amide bonds. The number of nitrogens with zero attached hydrogens (tertiary/aromatic N) is 3. The summed E-state index contributed by atoms with van der Waals surface area (Å²) < 4.78 is 0. The van der Waals surface area contributed by atoms with E-state index in [2.05, 4.69) is 6.58 Å². The van der Waals surface area contributed by atoms with Crippen LogP contribution in [0.15, 0.2) is 12.7 Å². The molecule has 19 heavy (non-hydrogen) atoms. The molecule has 0 radical (unpaired) electrons. The molecule has 110 valence electrons. The summed E-state index contributed by atoms with van der Waals surface area (Å²) in [5.41, 5.74) is 0. The van der Waals surface area contributed by atoms with E-state index in [4.69, 9.17) is 5.11 Å². The summed E-state index contributed by atoms with van der Waals surface area (Å²) in [6.07, 6.45) is 1.53. The van der Waals surface area contributed by atoms with Crippen molar-refractivity contribution < 1.29 is 14.7 Å². The molecule has 0 heterocycles. The molecule has 0 rings (SSSR count). The third-order valence-corrected chi connectivity index (χ3v) is 2.69. The SMILES string of the molecule is C=CCN(CC(=O)O)C(=O)N(CC)C(C)CN(C)C. The van der Waals surface area contributed by atoms with Crippen molar-refractivity contribution in [3.63, 3.8) is 0 Å². The van der Waals surface area contributed by atoms with Gasteiger partial charge in [-0.1, -0.05) is 6.08 Å². The highest BCUT2D eigenvalue weighted by Crippen LogP contribution is 2.06. The minimum absolute atomic E-state index is 0.0219. The first-order valence-corrected chi connectivity index (χ1v) is 6.36. The Balaban J connectivity index is 4.84. The van der Waals surface area contributed by atoms with Crippen LogP contribution in [0, 0.1) is 0 Å². The minimum atomic E-state index is -1.02. The second-order valence-corrected chi connectivity index (χ2v) is 4.74. The van der Waals surface area contributed by atoms with Gasteiger partial charge in [0.15, 0.2) is 0 Å². The fourth-order valence-corrected chi connectivity index (χ4v) is 1.97. The summed E-state index contributed by atoms with van der Waals surface area (Å²) in [5.74, 6) is -1.02. The van der Waals surface area contributed by atoms with E-state index in [9.17, 15) is 9.59 Å². The quantitative estimate of drug-likeness (QED) is 0.668. The van der Waals surface area contributed by atoms with Gasteiger partial charge in [0.05, 0.1) is 0 Å². The number of carbonyl (C=O) groups excluding carboxylic acids is 1. The van der Waals surface area contributed by atoms with Gasteiger partial charge in [-0.3, -0.25) is 4.79 Å². The molecule has 1 unspecified atom stereocenters. The zero-order chi connectivity index (χ0) is 15.0. The van der Waals surface area contributed by atoms with Crippen LogP contribution in [0.5, 0.6) is 0 Å². The third kappa shape index (κ3) is 6.24. The Labute approximate surface area is 115 Å². The number of carboxylic acids is 1. The van der Waals surface area contributed by atoms with Crippen LogP contribution in [0.25, 0.3) is 0 Å². The molecule has 0 fully saturated rings. The van der Waals surface area contributed by atoms with Crippen molar-refractivity contribution in [2.75, 3.05) is 40.3 Å². The smallest absolute Gasteiger partial charge is 0.323 e. The van der Waals surface area contributed by atoms with Crippen LogP contribution >= 0.6 is 0 Å². The molecule has 0 aromatic rings. The standard InChI is InChI=1S/C13H25N3O3/c1-6-8-15(10-12(17)18)13(19)16(7-2)11(3)9-14(4)5/h6,11H,1,7-10H2,2-5H3,(H,17,18). The zero-order valence-electron chi connectivity index (χ0n) is 12.3. The van der Waals surface area contributed by atoms with Crippen molar-refractivity contribution in [1.29, 1.82) is 0 Å². The van der Waals surface area contributed by atoms with E-state index in [1.807, 2.05) is 32.8 Å². The van der Waals surface area contributed by atoms with Gasteiger partial charge in [-0.15, -0.1) is 6.58 Å². The zero-order valence-corrected chi connectivity index (χ0v) is 12.3. The Kier molecular flexibility index (Phi) is 7.83. The van der Waals surface area contributed by atoms with Crippen LogP contribution in [0.4, 0.5) is 4.79 Å². The number of hydrogen-bond donors (Lipinski definition) is 1. The second-order valence-electron chi connectivity index (χ2n) is 4.74. The largest absolute Gasteiger partial charge is 0.480 e. The number of carbonyl (C=O) groups is 2. The van der Waals surface area contributed by atoms with Gasteiger partial charge in [0.2, 0.25) is 0 Å². The molecule has 0 saturated carbocycles. The molecule has 0 aliphatic heterocycles. The number of likely N-dealkylation sites (N-methyl/N-ethyl adjacent to an activating group) is 2. The Morgan fingerprint density at radius 2 is 1.95 bits per heavy atom. The highest BCUT2D eigenvalue weighted by Gasteiger charge is 2.24. The minimum Gasteiger partial charge on any atom is -0.480 e. The van der Waals surface area contributed by atoms with Gasteiger partial charge in [-0.2, -0.15) is 0 Å². The number of amides is 2. The van der Waals surface area contributed by atoms with E-state index in [1.54, 1.807) is 4.90 Å². The molecule has 0 saturated heterocycles. The van der Waals surface area contributed by atoms with Crippen LogP contribution in [0.1, 0.15) is 13.8 Å². The van der Waals surface area contributed by atoms with Gasteiger partial charge in [0, 0.05) is 25.7 Å². The first-order valence-electron chi connectivity index (χ1n) is 6.36. The van der Waals surface area contributed by atoms with Gasteiger partial charge in [-0.25, -0.2) is 4.79 Å². The molecular formula is C13H25N3O3. The van der Waals surface area contributed by atoms with Crippen molar-refractivity contribution in [2.45, 2.75) is 19.9 Å². The fourth-order valence-electron chi connectivity index (χ4n) is 1.97. The van der Waals surface area contributed by atoms with Crippen LogP contribution in [0.2, 0.25) is 0 Å². The molecule has 6 nitrogen and oxygen atoms in total. The molecular weight excluding hydrogens is 246 g/mol. The predicted molar refractivity (Wildman–Crippen MR) is 75.2 cm³/mol.